The molecule has 2 aliphatic heterocycles. The molecule has 0 spiro atoms. The monoisotopic (exact) mass is 790 g/mol. The molecule has 27 nitrogen and oxygen atoms in total. The number of rotatable bonds is 14. The molecule has 0 saturated carbocycles. The van der Waals surface area contributed by atoms with Crippen molar-refractivity contribution in [2.24, 2.45) is 0 Å². The lowest BCUT2D eigenvalue weighted by atomic mass is 10.1. The second-order valence-electron chi connectivity index (χ2n) is 9.84. The van der Waals surface area contributed by atoms with E-state index in [0.717, 1.165) is 24.5 Å². The van der Waals surface area contributed by atoms with Crippen LogP contribution in [0.25, 0.3) is 0 Å². The highest BCUT2D eigenvalue weighted by atomic mass is 31.3. The van der Waals surface area contributed by atoms with Crippen molar-refractivity contribution in [1.29, 1.82) is 0 Å². The van der Waals surface area contributed by atoms with Crippen molar-refractivity contribution in [2.75, 3.05) is 13.2 Å². The predicted molar refractivity (Wildman–Crippen MR) is 149 cm³/mol. The summed E-state index contributed by atoms with van der Waals surface area (Å²) >= 11 is 0. The number of phosphoric acid groups is 4. The highest BCUT2D eigenvalue weighted by Crippen LogP contribution is 2.71. The SMILES string of the molecule is O=c1ccn(C2O[C@@H](COP(=O)(O)OP(=O)(O)OP(=O)(O)OP(=O)(O)OCC3O[C@H](n4ccc(=O)[nH]c4=O)C(O)C3O)[C@@H](O)[C@H]2O)c(=O)[nH]1. The Hall–Kier alpha value is -2.32. The number of H-pyrrole nitrogens is 2. The van der Waals surface area contributed by atoms with E-state index in [9.17, 15) is 77.4 Å². The van der Waals surface area contributed by atoms with Gasteiger partial charge >= 0.3 is 42.7 Å². The molecule has 4 rings (SSSR count). The van der Waals surface area contributed by atoms with Crippen LogP contribution in [0.2, 0.25) is 0 Å². The van der Waals surface area contributed by atoms with E-state index in [1.807, 2.05) is 9.97 Å². The van der Waals surface area contributed by atoms with E-state index in [1.165, 1.54) is 0 Å². The number of hydrogen-bond acceptors (Lipinski definition) is 19. The van der Waals surface area contributed by atoms with Crippen LogP contribution in [0, 0.1) is 0 Å². The topological polar surface area (TPSA) is 404 Å². The van der Waals surface area contributed by atoms with Crippen LogP contribution in [-0.4, -0.2) is 109 Å². The summed E-state index contributed by atoms with van der Waals surface area (Å²) in [6, 6.07) is 1.73. The van der Waals surface area contributed by atoms with Gasteiger partial charge in [-0.25, -0.2) is 27.8 Å². The van der Waals surface area contributed by atoms with Gasteiger partial charge in [-0.1, -0.05) is 0 Å². The Kier molecular flexibility index (Phi) is 11.9. The number of phosphoric ester groups is 2. The predicted octanol–water partition coefficient (Wildman–Crippen LogP) is -4.19. The van der Waals surface area contributed by atoms with Crippen LogP contribution in [0.1, 0.15) is 12.5 Å². The first-order valence-electron chi connectivity index (χ1n) is 12.9. The lowest BCUT2D eigenvalue weighted by Gasteiger charge is -2.21. The number of hydrogen-bond donors (Lipinski definition) is 10. The Bertz CT molecular complexity index is 1820. The average molecular weight is 790 g/mol. The van der Waals surface area contributed by atoms with Crippen molar-refractivity contribution >= 4 is 31.3 Å². The number of aromatic nitrogens is 4. The molecular weight excluding hydrogens is 764 g/mol. The van der Waals surface area contributed by atoms with Gasteiger partial charge in [0.05, 0.1) is 13.2 Å². The van der Waals surface area contributed by atoms with Gasteiger partial charge < -0.3 is 49.5 Å². The minimum atomic E-state index is -6.24. The van der Waals surface area contributed by atoms with Crippen molar-refractivity contribution < 1.29 is 89.7 Å². The van der Waals surface area contributed by atoms with E-state index in [-0.39, 0.29) is 0 Å². The third kappa shape index (κ3) is 9.93. The molecule has 12 atom stereocenters. The Labute approximate surface area is 268 Å². The first-order chi connectivity index (χ1) is 22.5. The van der Waals surface area contributed by atoms with Gasteiger partial charge in [0.25, 0.3) is 11.1 Å². The quantitative estimate of drug-likeness (QED) is 0.0811. The van der Waals surface area contributed by atoms with Gasteiger partial charge in [-0.3, -0.25) is 37.7 Å². The summed E-state index contributed by atoms with van der Waals surface area (Å²) in [5, 5.41) is 40.7. The molecule has 0 radical (unpaired) electrons. The summed E-state index contributed by atoms with van der Waals surface area (Å²) in [6.07, 6.45) is -12.6. The molecule has 4 heterocycles. The number of aliphatic hydroxyl groups is 4. The van der Waals surface area contributed by atoms with Gasteiger partial charge in [-0.2, -0.15) is 12.9 Å². The average Bonchev–Trinajstić information content (AvgIpc) is 3.38. The normalized spacial score (nSPS) is 32.2. The van der Waals surface area contributed by atoms with Crippen LogP contribution in [0.5, 0.6) is 0 Å². The van der Waals surface area contributed by atoms with Crippen molar-refractivity contribution in [1.82, 2.24) is 19.1 Å². The molecule has 2 aromatic heterocycles. The van der Waals surface area contributed by atoms with Crippen LogP contribution in [0.4, 0.5) is 0 Å². The van der Waals surface area contributed by atoms with Gasteiger partial charge in [0.1, 0.15) is 36.6 Å². The van der Waals surface area contributed by atoms with Crippen LogP contribution in [-0.2, 0) is 49.7 Å². The van der Waals surface area contributed by atoms with Gasteiger partial charge in [0.15, 0.2) is 12.5 Å². The second-order valence-corrected chi connectivity index (χ2v) is 16.1. The lowest BCUT2D eigenvalue weighted by Crippen LogP contribution is -2.37. The highest BCUT2D eigenvalue weighted by Gasteiger charge is 2.49. The first kappa shape index (κ1) is 39.5. The van der Waals surface area contributed by atoms with Crippen LogP contribution < -0.4 is 22.5 Å². The number of ether oxygens (including phenoxy) is 2. The van der Waals surface area contributed by atoms with Gasteiger partial charge in [0.2, 0.25) is 0 Å². The molecular formula is C18H26N4O23P4. The summed E-state index contributed by atoms with van der Waals surface area (Å²) in [6.45, 7) is -2.43. The van der Waals surface area contributed by atoms with Gasteiger partial charge in [-0.05, 0) is 0 Å². The summed E-state index contributed by atoms with van der Waals surface area (Å²) in [7, 11) is -24.1. The maximum atomic E-state index is 12.2. The zero-order valence-electron chi connectivity index (χ0n) is 23.7. The minimum absolute atomic E-state index is 0.642. The molecule has 31 heteroatoms. The molecule has 2 aromatic rings. The fraction of sp³-hybridized carbons (Fsp3) is 0.556. The Morgan fingerprint density at radius 1 is 0.592 bits per heavy atom. The minimum Gasteiger partial charge on any atom is -0.387 e. The number of nitrogens with zero attached hydrogens (tertiary/aromatic N) is 2. The van der Waals surface area contributed by atoms with E-state index in [0.29, 0.717) is 9.13 Å². The molecule has 2 saturated heterocycles. The molecule has 0 amide bonds. The second kappa shape index (κ2) is 14.7. The molecule has 8 unspecified atom stereocenters. The summed E-state index contributed by atoms with van der Waals surface area (Å²) in [5.74, 6) is 0. The van der Waals surface area contributed by atoms with Crippen molar-refractivity contribution in [3.05, 3.63) is 66.2 Å². The van der Waals surface area contributed by atoms with Crippen LogP contribution >= 0.6 is 31.3 Å². The first-order valence-corrected chi connectivity index (χ1v) is 18.9. The van der Waals surface area contributed by atoms with E-state index in [1.54, 1.807) is 0 Å². The molecule has 276 valence electrons. The Morgan fingerprint density at radius 2 is 0.918 bits per heavy atom. The fourth-order valence-corrected chi connectivity index (χ4v) is 9.20. The number of aliphatic hydroxyl groups excluding tert-OH is 4. The molecule has 0 bridgehead atoms. The van der Waals surface area contributed by atoms with Crippen molar-refractivity contribution in [2.45, 2.75) is 49.1 Å². The molecule has 0 aromatic carbocycles. The molecule has 2 aliphatic rings. The molecule has 49 heavy (non-hydrogen) atoms. The van der Waals surface area contributed by atoms with E-state index in [4.69, 9.17) is 9.47 Å². The van der Waals surface area contributed by atoms with Gasteiger partial charge in [-0.15, -0.1) is 0 Å². The maximum Gasteiger partial charge on any atom is 0.490 e. The lowest BCUT2D eigenvalue weighted by molar-refractivity contribution is -0.0544. The largest absolute Gasteiger partial charge is 0.490 e. The Morgan fingerprint density at radius 3 is 1.24 bits per heavy atom. The highest BCUT2D eigenvalue weighted by molar-refractivity contribution is 7.69. The summed E-state index contributed by atoms with van der Waals surface area (Å²) < 4.78 is 80.5. The third-order valence-electron chi connectivity index (χ3n) is 6.35. The third-order valence-corrected chi connectivity index (χ3v) is 12.3. The van der Waals surface area contributed by atoms with Crippen LogP contribution in [0.3, 0.4) is 0 Å². The molecule has 2 fully saturated rings. The Balaban J connectivity index is 1.31. The standard InChI is InChI=1S/C18H26N4O23P4/c23-9-1-3-21(17(29)19-9)15-13(27)11(25)7(41-15)5-39-46(31,32)43-48(35,36)45-49(37,38)44-47(33,34)40-6-8-12(26)14(28)16(42-8)22-4-2-10(24)20-18(22)30/h1-4,7-8,11-16,25-28H,5-6H2,(H,31,32)(H,33,34)(H,35,36)(H,37,38)(H,19,23,29)(H,20,24,30)/t7-,8?,11+,12?,13+,14?,15?,16-/m0/s1. The smallest absolute Gasteiger partial charge is 0.387 e. The van der Waals surface area contributed by atoms with E-state index < -0.39 is 116 Å². The zero-order chi connectivity index (χ0) is 36.7. The van der Waals surface area contributed by atoms with Crippen molar-refractivity contribution in [3.63, 3.8) is 0 Å². The zero-order valence-corrected chi connectivity index (χ0v) is 27.3. The fourth-order valence-electron chi connectivity index (χ4n) is 4.25. The van der Waals surface area contributed by atoms with Crippen molar-refractivity contribution in [3.8, 4) is 0 Å². The molecule has 0 aliphatic carbocycles. The molecule has 10 N–H and O–H groups in total. The van der Waals surface area contributed by atoms with E-state index >= 15 is 0 Å². The number of nitrogens with one attached hydrogen (secondary N) is 2. The van der Waals surface area contributed by atoms with E-state index in [2.05, 4.69) is 22.0 Å². The van der Waals surface area contributed by atoms with Gasteiger partial charge in [0, 0.05) is 24.5 Å². The maximum absolute atomic E-state index is 12.2. The number of aromatic amines is 2. The summed E-state index contributed by atoms with van der Waals surface area (Å²) in [5.41, 5.74) is -3.78. The van der Waals surface area contributed by atoms with Crippen LogP contribution in [0.15, 0.2) is 43.7 Å². The summed E-state index contributed by atoms with van der Waals surface area (Å²) in [4.78, 5) is 89.1.